The smallest absolute Gasteiger partial charge is 0.258 e. The van der Waals surface area contributed by atoms with E-state index in [1.807, 2.05) is 0 Å². The molecule has 0 saturated carbocycles. The number of aliphatic hydroxyl groups is 1. The Balaban J connectivity index is 2.40. The number of amides is 1. The molecule has 0 aliphatic heterocycles. The molecule has 0 radical (unpaired) electrons. The maximum absolute atomic E-state index is 12.4. The summed E-state index contributed by atoms with van der Waals surface area (Å²) in [7, 11) is 1.67. The van der Waals surface area contributed by atoms with Gasteiger partial charge in [0.25, 0.3) is 5.91 Å². The number of nitrogens with zero attached hydrogens (tertiary/aromatic N) is 4. The Kier molecular flexibility index (Phi) is 3.04. The minimum Gasteiger partial charge on any atom is -0.394 e. The Morgan fingerprint density at radius 3 is 2.89 bits per heavy atom. The monoisotopic (exact) mass is 248 g/mol. The van der Waals surface area contributed by atoms with Gasteiger partial charge in [0, 0.05) is 19.4 Å². The second-order valence-corrected chi connectivity index (χ2v) is 4.80. The van der Waals surface area contributed by atoms with E-state index >= 15 is 0 Å². The summed E-state index contributed by atoms with van der Waals surface area (Å²) in [5, 5.41) is 13.4. The van der Waals surface area contributed by atoms with Gasteiger partial charge < -0.3 is 10.0 Å². The molecule has 96 valence electrons. The van der Waals surface area contributed by atoms with E-state index in [0.717, 1.165) is 0 Å². The Morgan fingerprint density at radius 1 is 1.50 bits per heavy atom. The van der Waals surface area contributed by atoms with E-state index < -0.39 is 5.54 Å². The van der Waals surface area contributed by atoms with Crippen LogP contribution >= 0.6 is 0 Å². The SMILES string of the molecule is CN(C(=O)c1cnn2ccncc12)C(C)(C)CO. The van der Waals surface area contributed by atoms with Crippen LogP contribution in [0.5, 0.6) is 0 Å². The van der Waals surface area contributed by atoms with E-state index in [4.69, 9.17) is 0 Å². The average molecular weight is 248 g/mol. The van der Waals surface area contributed by atoms with E-state index in [1.165, 1.54) is 11.1 Å². The third-order valence-corrected chi connectivity index (χ3v) is 3.15. The normalized spacial score (nSPS) is 11.8. The maximum Gasteiger partial charge on any atom is 0.258 e. The highest BCUT2D eigenvalue weighted by atomic mass is 16.3. The molecule has 2 aromatic heterocycles. The van der Waals surface area contributed by atoms with Crippen LogP contribution in [0.3, 0.4) is 0 Å². The Bertz CT molecular complexity index is 576. The summed E-state index contributed by atoms with van der Waals surface area (Å²) in [6, 6.07) is 0. The molecule has 0 aliphatic rings. The first-order valence-electron chi connectivity index (χ1n) is 5.64. The van der Waals surface area contributed by atoms with Crippen molar-refractivity contribution in [2.24, 2.45) is 0 Å². The zero-order valence-electron chi connectivity index (χ0n) is 10.7. The molecule has 2 rings (SSSR count). The summed E-state index contributed by atoms with van der Waals surface area (Å²) in [6.07, 6.45) is 6.41. The molecule has 1 N–H and O–H groups in total. The second-order valence-electron chi connectivity index (χ2n) is 4.80. The molecular formula is C12H16N4O2. The fraction of sp³-hybridized carbons (Fsp3) is 0.417. The molecule has 2 heterocycles. The number of aliphatic hydroxyl groups excluding tert-OH is 1. The lowest BCUT2D eigenvalue weighted by atomic mass is 10.0. The van der Waals surface area contributed by atoms with Crippen molar-refractivity contribution in [3.05, 3.63) is 30.4 Å². The molecule has 0 fully saturated rings. The minimum atomic E-state index is -0.618. The molecule has 0 aromatic carbocycles. The van der Waals surface area contributed by atoms with E-state index in [1.54, 1.807) is 44.0 Å². The van der Waals surface area contributed by atoms with E-state index in [9.17, 15) is 9.90 Å². The lowest BCUT2D eigenvalue weighted by Gasteiger charge is -2.33. The lowest BCUT2D eigenvalue weighted by molar-refractivity contribution is 0.0475. The average Bonchev–Trinajstić information content (AvgIpc) is 2.80. The fourth-order valence-electron chi connectivity index (χ4n) is 1.56. The second kappa shape index (κ2) is 4.38. The van der Waals surface area contributed by atoms with Gasteiger partial charge in [0.05, 0.1) is 35.6 Å². The van der Waals surface area contributed by atoms with Gasteiger partial charge in [0.2, 0.25) is 0 Å². The molecule has 2 aromatic rings. The summed E-state index contributed by atoms with van der Waals surface area (Å²) in [4.78, 5) is 17.9. The number of rotatable bonds is 3. The minimum absolute atomic E-state index is 0.104. The summed E-state index contributed by atoms with van der Waals surface area (Å²) >= 11 is 0. The van der Waals surface area contributed by atoms with Crippen LogP contribution in [0.1, 0.15) is 24.2 Å². The van der Waals surface area contributed by atoms with Gasteiger partial charge in [0.15, 0.2) is 0 Å². The van der Waals surface area contributed by atoms with Crippen LogP contribution < -0.4 is 0 Å². The summed E-state index contributed by atoms with van der Waals surface area (Å²) in [5.74, 6) is -0.183. The van der Waals surface area contributed by atoms with Crippen LogP contribution in [-0.4, -0.2) is 49.7 Å². The first-order valence-corrected chi connectivity index (χ1v) is 5.64. The van der Waals surface area contributed by atoms with Crippen LogP contribution in [0.25, 0.3) is 5.52 Å². The lowest BCUT2D eigenvalue weighted by Crippen LogP contribution is -2.47. The van der Waals surface area contributed by atoms with Gasteiger partial charge in [-0.05, 0) is 13.8 Å². The molecule has 0 spiro atoms. The van der Waals surface area contributed by atoms with Crippen molar-refractivity contribution in [2.75, 3.05) is 13.7 Å². The summed E-state index contributed by atoms with van der Waals surface area (Å²) < 4.78 is 1.60. The number of carbonyl (C=O) groups excluding carboxylic acids is 1. The number of carbonyl (C=O) groups is 1. The molecule has 0 bridgehead atoms. The van der Waals surface area contributed by atoms with Crippen molar-refractivity contribution in [3.63, 3.8) is 0 Å². The zero-order valence-corrected chi connectivity index (χ0v) is 10.7. The largest absolute Gasteiger partial charge is 0.394 e. The van der Waals surface area contributed by atoms with E-state index in [2.05, 4.69) is 10.1 Å². The highest BCUT2D eigenvalue weighted by molar-refractivity contribution is 6.00. The van der Waals surface area contributed by atoms with Crippen molar-refractivity contribution in [2.45, 2.75) is 19.4 Å². The van der Waals surface area contributed by atoms with Gasteiger partial charge >= 0.3 is 0 Å². The van der Waals surface area contributed by atoms with Gasteiger partial charge in [-0.2, -0.15) is 5.10 Å². The third-order valence-electron chi connectivity index (χ3n) is 3.15. The first-order chi connectivity index (χ1) is 8.47. The van der Waals surface area contributed by atoms with Crippen molar-refractivity contribution < 1.29 is 9.90 Å². The highest BCUT2D eigenvalue weighted by Gasteiger charge is 2.29. The van der Waals surface area contributed by atoms with Gasteiger partial charge in [-0.25, -0.2) is 4.52 Å². The Labute approximate surface area is 105 Å². The van der Waals surface area contributed by atoms with Gasteiger partial charge in [0.1, 0.15) is 0 Å². The van der Waals surface area contributed by atoms with Crippen LogP contribution in [0, 0.1) is 0 Å². The van der Waals surface area contributed by atoms with Gasteiger partial charge in [-0.15, -0.1) is 0 Å². The maximum atomic E-state index is 12.4. The number of hydrogen-bond donors (Lipinski definition) is 1. The third kappa shape index (κ3) is 1.95. The molecule has 0 saturated heterocycles. The first kappa shape index (κ1) is 12.5. The standard InChI is InChI=1S/C12H16N4O2/c1-12(2,8-17)15(3)11(18)9-6-14-16-5-4-13-7-10(9)16/h4-7,17H,8H2,1-3H3. The Morgan fingerprint density at radius 2 is 2.22 bits per heavy atom. The van der Waals surface area contributed by atoms with Crippen LogP contribution in [0.2, 0.25) is 0 Å². The summed E-state index contributed by atoms with van der Waals surface area (Å²) in [6.45, 7) is 3.50. The molecule has 0 atom stereocenters. The Hall–Kier alpha value is -1.95. The van der Waals surface area contributed by atoms with Crippen LogP contribution in [0.15, 0.2) is 24.8 Å². The van der Waals surface area contributed by atoms with E-state index in [0.29, 0.717) is 11.1 Å². The molecule has 0 unspecified atom stereocenters. The van der Waals surface area contributed by atoms with Crippen molar-refractivity contribution in [1.29, 1.82) is 0 Å². The molecular weight excluding hydrogens is 232 g/mol. The van der Waals surface area contributed by atoms with E-state index in [-0.39, 0.29) is 12.5 Å². The van der Waals surface area contributed by atoms with Gasteiger partial charge in [-0.1, -0.05) is 0 Å². The number of fused-ring (bicyclic) bond motifs is 1. The van der Waals surface area contributed by atoms with Crippen molar-refractivity contribution >= 4 is 11.4 Å². The molecule has 6 nitrogen and oxygen atoms in total. The van der Waals surface area contributed by atoms with Crippen LogP contribution in [-0.2, 0) is 0 Å². The van der Waals surface area contributed by atoms with Crippen molar-refractivity contribution in [3.8, 4) is 0 Å². The van der Waals surface area contributed by atoms with Crippen molar-refractivity contribution in [1.82, 2.24) is 19.5 Å². The molecule has 6 heteroatoms. The van der Waals surface area contributed by atoms with Crippen LogP contribution in [0.4, 0.5) is 0 Å². The number of likely N-dealkylation sites (N-methyl/N-ethyl adjacent to an activating group) is 1. The molecule has 18 heavy (non-hydrogen) atoms. The zero-order chi connectivity index (χ0) is 13.3. The molecule has 0 aliphatic carbocycles. The molecule has 1 amide bonds. The quantitative estimate of drug-likeness (QED) is 0.862. The number of aromatic nitrogens is 3. The predicted molar refractivity (Wildman–Crippen MR) is 66.2 cm³/mol. The van der Waals surface area contributed by atoms with Gasteiger partial charge in [-0.3, -0.25) is 9.78 Å². The number of hydrogen-bond acceptors (Lipinski definition) is 4. The predicted octanol–water partition coefficient (Wildman–Crippen LogP) is 0.572. The fourth-order valence-corrected chi connectivity index (χ4v) is 1.56. The summed E-state index contributed by atoms with van der Waals surface area (Å²) in [5.41, 5.74) is 0.517. The topological polar surface area (TPSA) is 70.7 Å². The highest BCUT2D eigenvalue weighted by Crippen LogP contribution is 2.17.